The number of hydrogen-bond donors (Lipinski definition) is 6. The summed E-state index contributed by atoms with van der Waals surface area (Å²) in [5.41, 5.74) is -0.489. The van der Waals surface area contributed by atoms with Crippen LogP contribution < -0.4 is 29.1 Å². The highest BCUT2D eigenvalue weighted by atomic mass is 16.7. The fraction of sp³-hybridized carbons (Fsp3) is 0.536. The lowest BCUT2D eigenvalue weighted by Gasteiger charge is -2.41. The molecule has 44 heavy (non-hydrogen) atoms. The number of aliphatic hydroxyl groups is 6. The van der Waals surface area contributed by atoms with Gasteiger partial charge in [0.1, 0.15) is 59.4 Å². The standard InChI is InChI=1S/C28H34O16/c1-36-10-5-6-13-11(7-10)16(30)15-22(42-13)24(37-2)26(39-4)25(38-3)23(15)44-28-21(35)19(33)18(32)14(43-28)9-41-27-20(34)17(31)12(29)8-40-27/h5-7,12,14,17-21,27-29,31-35H,8-9H2,1-4H3/t12-,14-,17+,18-,19+,20-,21-,27+,28?/m1/s1. The third-order valence-corrected chi connectivity index (χ3v) is 7.54. The van der Waals surface area contributed by atoms with Gasteiger partial charge in [-0.25, -0.2) is 0 Å². The van der Waals surface area contributed by atoms with E-state index in [0.717, 1.165) is 0 Å². The molecular weight excluding hydrogens is 592 g/mol. The Kier molecular flexibility index (Phi) is 9.36. The van der Waals surface area contributed by atoms with Gasteiger partial charge in [0.15, 0.2) is 17.6 Å². The topological polar surface area (TPSA) is 225 Å². The van der Waals surface area contributed by atoms with Gasteiger partial charge in [-0.15, -0.1) is 0 Å². The summed E-state index contributed by atoms with van der Waals surface area (Å²) in [5.74, 6) is -0.0785. The zero-order chi connectivity index (χ0) is 31.9. The van der Waals surface area contributed by atoms with Crippen molar-refractivity contribution >= 4 is 21.9 Å². The molecule has 242 valence electrons. The van der Waals surface area contributed by atoms with E-state index in [1.54, 1.807) is 6.07 Å². The Hall–Kier alpha value is -3.45. The molecular formula is C28H34O16. The smallest absolute Gasteiger partial charge is 0.229 e. The van der Waals surface area contributed by atoms with Crippen LogP contribution in [-0.2, 0) is 14.2 Å². The maximum atomic E-state index is 13.9. The van der Waals surface area contributed by atoms with E-state index in [1.807, 2.05) is 0 Å². The predicted molar refractivity (Wildman–Crippen MR) is 147 cm³/mol. The van der Waals surface area contributed by atoms with E-state index in [1.165, 1.54) is 40.6 Å². The lowest BCUT2D eigenvalue weighted by molar-refractivity contribution is -0.307. The minimum atomic E-state index is -1.85. The highest BCUT2D eigenvalue weighted by Crippen LogP contribution is 2.51. The van der Waals surface area contributed by atoms with Crippen LogP contribution in [0.25, 0.3) is 21.9 Å². The van der Waals surface area contributed by atoms with E-state index < -0.39 is 67.3 Å². The van der Waals surface area contributed by atoms with Crippen LogP contribution in [0.5, 0.6) is 28.7 Å². The summed E-state index contributed by atoms with van der Waals surface area (Å²) < 4.78 is 50.3. The van der Waals surface area contributed by atoms with Crippen LogP contribution in [0, 0.1) is 0 Å². The van der Waals surface area contributed by atoms with Crippen LogP contribution in [0.15, 0.2) is 27.4 Å². The van der Waals surface area contributed by atoms with Gasteiger partial charge in [-0.2, -0.15) is 0 Å². The first-order valence-electron chi connectivity index (χ1n) is 13.5. The molecule has 1 aromatic heterocycles. The van der Waals surface area contributed by atoms with Gasteiger partial charge < -0.3 is 73.0 Å². The van der Waals surface area contributed by atoms with Gasteiger partial charge >= 0.3 is 0 Å². The van der Waals surface area contributed by atoms with E-state index in [-0.39, 0.29) is 51.5 Å². The Morgan fingerprint density at radius 2 is 1.43 bits per heavy atom. The fourth-order valence-corrected chi connectivity index (χ4v) is 5.14. The normalized spacial score (nSPS) is 30.7. The van der Waals surface area contributed by atoms with Crippen molar-refractivity contribution in [1.82, 2.24) is 0 Å². The number of benzene rings is 2. The van der Waals surface area contributed by atoms with Gasteiger partial charge in [0, 0.05) is 0 Å². The summed E-state index contributed by atoms with van der Waals surface area (Å²) in [4.78, 5) is 13.9. The van der Waals surface area contributed by atoms with Gasteiger partial charge in [0.2, 0.25) is 29.0 Å². The highest BCUT2D eigenvalue weighted by molar-refractivity contribution is 6.00. The summed E-state index contributed by atoms with van der Waals surface area (Å²) in [6, 6.07) is 4.60. The minimum absolute atomic E-state index is 0.00621. The quantitative estimate of drug-likeness (QED) is 0.151. The lowest BCUT2D eigenvalue weighted by atomic mass is 9.99. The van der Waals surface area contributed by atoms with Gasteiger partial charge in [-0.1, -0.05) is 0 Å². The second-order valence-corrected chi connectivity index (χ2v) is 10.1. The van der Waals surface area contributed by atoms with Crippen molar-refractivity contribution in [2.45, 2.75) is 55.3 Å². The molecule has 2 aromatic carbocycles. The lowest BCUT2D eigenvalue weighted by Crippen LogP contribution is -2.61. The number of fused-ring (bicyclic) bond motifs is 2. The first-order valence-corrected chi connectivity index (χ1v) is 13.5. The van der Waals surface area contributed by atoms with Crippen molar-refractivity contribution in [2.75, 3.05) is 41.7 Å². The number of aliphatic hydroxyl groups excluding tert-OH is 6. The maximum Gasteiger partial charge on any atom is 0.229 e. The van der Waals surface area contributed by atoms with Crippen LogP contribution in [0.4, 0.5) is 0 Å². The third kappa shape index (κ3) is 5.48. The number of methoxy groups -OCH3 is 4. The van der Waals surface area contributed by atoms with Crippen molar-refractivity contribution in [1.29, 1.82) is 0 Å². The molecule has 3 heterocycles. The first kappa shape index (κ1) is 32.0. The van der Waals surface area contributed by atoms with Crippen molar-refractivity contribution in [2.24, 2.45) is 0 Å². The SMILES string of the molecule is COc1ccc2oc3c(OC)c(OC)c(OC)c(OC4O[C@H](CO[C@@H]5OC[C@@H](O)[C@H](O)[C@H]5O)[C@@H](O)[C@H](O)[C@H]4O)c3c(=O)c2c1. The molecule has 5 rings (SSSR count). The minimum Gasteiger partial charge on any atom is -0.497 e. The number of rotatable bonds is 9. The van der Waals surface area contributed by atoms with Crippen molar-refractivity contribution in [3.8, 4) is 28.7 Å². The van der Waals surface area contributed by atoms with Crippen LogP contribution in [0.1, 0.15) is 0 Å². The predicted octanol–water partition coefficient (Wildman–Crippen LogP) is -1.38. The van der Waals surface area contributed by atoms with E-state index in [0.29, 0.717) is 5.75 Å². The summed E-state index contributed by atoms with van der Waals surface area (Å²) in [6.45, 7) is -0.856. The monoisotopic (exact) mass is 626 g/mol. The van der Waals surface area contributed by atoms with Crippen LogP contribution in [0.2, 0.25) is 0 Å². The zero-order valence-electron chi connectivity index (χ0n) is 24.1. The largest absolute Gasteiger partial charge is 0.497 e. The molecule has 0 spiro atoms. The maximum absolute atomic E-state index is 13.9. The molecule has 0 saturated carbocycles. The van der Waals surface area contributed by atoms with E-state index >= 15 is 0 Å². The Bertz CT molecular complexity index is 1540. The van der Waals surface area contributed by atoms with Crippen LogP contribution >= 0.6 is 0 Å². The number of ether oxygens (including phenoxy) is 8. The van der Waals surface area contributed by atoms with E-state index in [9.17, 15) is 35.4 Å². The molecule has 3 aromatic rings. The second-order valence-electron chi connectivity index (χ2n) is 10.1. The Labute approximate surface area is 249 Å². The summed E-state index contributed by atoms with van der Waals surface area (Å²) in [7, 11) is 5.36. The van der Waals surface area contributed by atoms with E-state index in [4.69, 9.17) is 42.3 Å². The van der Waals surface area contributed by atoms with Gasteiger partial charge in [0.05, 0.1) is 47.0 Å². The summed E-state index contributed by atoms with van der Waals surface area (Å²) >= 11 is 0. The Morgan fingerprint density at radius 1 is 0.773 bits per heavy atom. The average molecular weight is 627 g/mol. The highest BCUT2D eigenvalue weighted by Gasteiger charge is 2.47. The number of hydrogen-bond acceptors (Lipinski definition) is 16. The van der Waals surface area contributed by atoms with Crippen molar-refractivity contribution in [3.63, 3.8) is 0 Å². The van der Waals surface area contributed by atoms with Gasteiger partial charge in [0.25, 0.3) is 0 Å². The molecule has 1 unspecified atom stereocenters. The van der Waals surface area contributed by atoms with E-state index in [2.05, 4.69) is 0 Å². The molecule has 0 amide bonds. The molecule has 16 nitrogen and oxygen atoms in total. The van der Waals surface area contributed by atoms with Crippen molar-refractivity contribution in [3.05, 3.63) is 28.4 Å². The molecule has 9 atom stereocenters. The first-order chi connectivity index (χ1) is 21.1. The van der Waals surface area contributed by atoms with Gasteiger partial charge in [-0.3, -0.25) is 4.79 Å². The molecule has 0 aliphatic carbocycles. The van der Waals surface area contributed by atoms with Gasteiger partial charge in [-0.05, 0) is 18.2 Å². The van der Waals surface area contributed by atoms with Crippen LogP contribution in [-0.4, -0.2) is 128 Å². The molecule has 2 aliphatic rings. The molecule has 0 radical (unpaired) electrons. The summed E-state index contributed by atoms with van der Waals surface area (Å²) in [6.07, 6.45) is -14.4. The van der Waals surface area contributed by atoms with Crippen molar-refractivity contribution < 1.29 is 73.0 Å². The molecule has 2 saturated heterocycles. The molecule has 0 bridgehead atoms. The fourth-order valence-electron chi connectivity index (χ4n) is 5.14. The Balaban J connectivity index is 1.55. The zero-order valence-corrected chi connectivity index (χ0v) is 24.1. The Morgan fingerprint density at radius 3 is 2.09 bits per heavy atom. The average Bonchev–Trinajstić information content (AvgIpc) is 3.03. The molecule has 2 fully saturated rings. The second kappa shape index (κ2) is 12.9. The summed E-state index contributed by atoms with van der Waals surface area (Å²) in [5, 5.41) is 61.8. The van der Waals surface area contributed by atoms with Crippen LogP contribution in [0.3, 0.4) is 0 Å². The molecule has 16 heteroatoms. The third-order valence-electron chi connectivity index (χ3n) is 7.54. The molecule has 2 aliphatic heterocycles. The molecule has 6 N–H and O–H groups in total.